The Labute approximate surface area is 142 Å². The molecule has 7 heteroatoms. The molecule has 2 aromatic rings. The number of anilines is 1. The van der Waals surface area contributed by atoms with Gasteiger partial charge < -0.3 is 10.0 Å². The Hall–Kier alpha value is -2.12. The fourth-order valence-electron chi connectivity index (χ4n) is 2.59. The molecule has 0 aromatic heterocycles. The van der Waals surface area contributed by atoms with E-state index in [1.807, 2.05) is 31.1 Å². The highest BCUT2D eigenvalue weighted by Crippen LogP contribution is 2.30. The van der Waals surface area contributed by atoms with E-state index in [4.69, 9.17) is 0 Å². The van der Waals surface area contributed by atoms with Gasteiger partial charge in [0, 0.05) is 30.6 Å². The van der Waals surface area contributed by atoms with E-state index < -0.39 is 22.0 Å². The first-order valence-electron chi connectivity index (χ1n) is 7.59. The van der Waals surface area contributed by atoms with Crippen LogP contribution < -0.4 is 9.62 Å². The monoisotopic (exact) mass is 350 g/mol. The number of carboxylic acids is 1. The molecule has 0 aliphatic heterocycles. The third-order valence-corrected chi connectivity index (χ3v) is 5.34. The summed E-state index contributed by atoms with van der Waals surface area (Å²) in [7, 11) is -0.203. The van der Waals surface area contributed by atoms with Gasteiger partial charge in [0.15, 0.2) is 0 Å². The molecule has 0 saturated heterocycles. The van der Waals surface area contributed by atoms with Crippen LogP contribution in [0.3, 0.4) is 0 Å². The van der Waals surface area contributed by atoms with Gasteiger partial charge in [0.1, 0.15) is 6.04 Å². The van der Waals surface area contributed by atoms with E-state index in [0.29, 0.717) is 5.39 Å². The number of nitrogens with one attached hydrogen (secondary N) is 1. The number of hydrogen-bond donors (Lipinski definition) is 2. The molecule has 2 aromatic carbocycles. The van der Waals surface area contributed by atoms with E-state index >= 15 is 0 Å². The third-order valence-electron chi connectivity index (χ3n) is 3.85. The van der Waals surface area contributed by atoms with Crippen LogP contribution in [0.1, 0.15) is 13.8 Å². The minimum Gasteiger partial charge on any atom is -0.480 e. The summed E-state index contributed by atoms with van der Waals surface area (Å²) >= 11 is 0. The number of carbonyl (C=O) groups is 1. The van der Waals surface area contributed by atoms with Gasteiger partial charge in [-0.1, -0.05) is 38.1 Å². The minimum absolute atomic E-state index is 0.0793. The zero-order valence-corrected chi connectivity index (χ0v) is 15.0. The molecule has 0 heterocycles. The summed E-state index contributed by atoms with van der Waals surface area (Å²) in [6.45, 7) is 3.32. The van der Waals surface area contributed by atoms with Crippen LogP contribution >= 0.6 is 0 Å². The number of hydrogen-bond acceptors (Lipinski definition) is 4. The zero-order chi connectivity index (χ0) is 18.1. The topological polar surface area (TPSA) is 86.7 Å². The van der Waals surface area contributed by atoms with Crippen LogP contribution in [0.2, 0.25) is 0 Å². The molecule has 1 atom stereocenters. The van der Waals surface area contributed by atoms with Crippen molar-refractivity contribution in [3.63, 3.8) is 0 Å². The largest absolute Gasteiger partial charge is 0.480 e. The molecule has 1 unspecified atom stereocenters. The van der Waals surface area contributed by atoms with Crippen LogP contribution in [0.5, 0.6) is 0 Å². The van der Waals surface area contributed by atoms with Gasteiger partial charge in [0.05, 0.1) is 4.90 Å². The second-order valence-electron chi connectivity index (χ2n) is 6.20. The quantitative estimate of drug-likeness (QED) is 0.835. The second kappa shape index (κ2) is 6.78. The highest BCUT2D eigenvalue weighted by Gasteiger charge is 2.29. The van der Waals surface area contributed by atoms with Gasteiger partial charge in [-0.15, -0.1) is 0 Å². The summed E-state index contributed by atoms with van der Waals surface area (Å²) in [6.07, 6.45) is 0. The number of benzene rings is 2. The van der Waals surface area contributed by atoms with Gasteiger partial charge in [0.2, 0.25) is 10.0 Å². The molecular weight excluding hydrogens is 328 g/mol. The summed E-state index contributed by atoms with van der Waals surface area (Å²) in [5.74, 6) is -1.56. The number of nitrogens with zero attached hydrogens (tertiary/aromatic N) is 1. The van der Waals surface area contributed by atoms with Crippen LogP contribution in [0.4, 0.5) is 5.69 Å². The van der Waals surface area contributed by atoms with Crippen LogP contribution in [0, 0.1) is 5.92 Å². The summed E-state index contributed by atoms with van der Waals surface area (Å²) in [5.41, 5.74) is 0.892. The van der Waals surface area contributed by atoms with Crippen LogP contribution in [-0.4, -0.2) is 39.6 Å². The Bertz CT molecular complexity index is 860. The molecule has 0 radical (unpaired) electrons. The molecule has 0 spiro atoms. The molecule has 0 aliphatic rings. The molecule has 24 heavy (non-hydrogen) atoms. The molecule has 2 rings (SSSR count). The molecule has 0 bridgehead atoms. The maximum atomic E-state index is 12.8. The average molecular weight is 350 g/mol. The smallest absolute Gasteiger partial charge is 0.322 e. The van der Waals surface area contributed by atoms with Crippen LogP contribution in [0.25, 0.3) is 10.8 Å². The molecular formula is C17H22N2O4S. The van der Waals surface area contributed by atoms with Gasteiger partial charge >= 0.3 is 5.97 Å². The van der Waals surface area contributed by atoms with Crippen LogP contribution in [-0.2, 0) is 14.8 Å². The summed E-state index contributed by atoms with van der Waals surface area (Å²) in [4.78, 5) is 13.3. The van der Waals surface area contributed by atoms with Gasteiger partial charge in [-0.25, -0.2) is 8.42 Å². The van der Waals surface area contributed by atoms with Crippen molar-refractivity contribution in [1.82, 2.24) is 4.72 Å². The van der Waals surface area contributed by atoms with Crippen molar-refractivity contribution >= 4 is 32.5 Å². The molecule has 0 saturated carbocycles. The Balaban J connectivity index is 2.59. The van der Waals surface area contributed by atoms with Gasteiger partial charge in [-0.05, 0) is 18.1 Å². The summed E-state index contributed by atoms with van der Waals surface area (Å²) in [5, 5.41) is 10.6. The predicted molar refractivity (Wildman–Crippen MR) is 94.9 cm³/mol. The van der Waals surface area contributed by atoms with E-state index in [1.54, 1.807) is 32.0 Å². The van der Waals surface area contributed by atoms with Gasteiger partial charge in [-0.3, -0.25) is 4.79 Å². The summed E-state index contributed by atoms with van der Waals surface area (Å²) in [6, 6.07) is 9.23. The lowest BCUT2D eigenvalue weighted by Crippen LogP contribution is -2.44. The Kier molecular flexibility index (Phi) is 5.15. The second-order valence-corrected chi connectivity index (χ2v) is 7.89. The molecule has 0 fully saturated rings. The number of aliphatic carboxylic acids is 1. The highest BCUT2D eigenvalue weighted by molar-refractivity contribution is 7.89. The van der Waals surface area contributed by atoms with Crippen molar-refractivity contribution in [2.75, 3.05) is 19.0 Å². The first-order valence-corrected chi connectivity index (χ1v) is 9.07. The van der Waals surface area contributed by atoms with E-state index in [1.165, 1.54) is 6.07 Å². The highest BCUT2D eigenvalue weighted by atomic mass is 32.2. The van der Waals surface area contributed by atoms with Gasteiger partial charge in [0.25, 0.3) is 0 Å². The summed E-state index contributed by atoms with van der Waals surface area (Å²) < 4.78 is 27.8. The van der Waals surface area contributed by atoms with E-state index in [9.17, 15) is 18.3 Å². The van der Waals surface area contributed by atoms with E-state index in [-0.39, 0.29) is 10.8 Å². The fourth-order valence-corrected chi connectivity index (χ4v) is 4.15. The maximum Gasteiger partial charge on any atom is 0.322 e. The van der Waals surface area contributed by atoms with Crippen molar-refractivity contribution in [3.05, 3.63) is 36.4 Å². The molecule has 130 valence electrons. The molecule has 0 amide bonds. The fraction of sp³-hybridized carbons (Fsp3) is 0.353. The number of rotatable bonds is 6. The molecule has 0 aliphatic carbocycles. The first-order chi connectivity index (χ1) is 11.1. The minimum atomic E-state index is -3.97. The maximum absolute atomic E-state index is 12.8. The van der Waals surface area contributed by atoms with Crippen molar-refractivity contribution in [1.29, 1.82) is 0 Å². The van der Waals surface area contributed by atoms with Crippen molar-refractivity contribution < 1.29 is 18.3 Å². The molecule has 2 N–H and O–H groups in total. The van der Waals surface area contributed by atoms with Gasteiger partial charge in [-0.2, -0.15) is 4.72 Å². The first kappa shape index (κ1) is 18.2. The standard InChI is InChI=1S/C17H22N2O4S/c1-11(2)16(17(20)21)18-24(22,23)15-10-6-7-12-13(15)8-5-9-14(12)19(3)4/h5-11,16,18H,1-4H3,(H,20,21). The Morgan fingerprint density at radius 1 is 1.08 bits per heavy atom. The number of carboxylic acid groups (broad SMARTS) is 1. The number of sulfonamides is 1. The zero-order valence-electron chi connectivity index (χ0n) is 14.1. The van der Waals surface area contributed by atoms with Crippen molar-refractivity contribution in [2.45, 2.75) is 24.8 Å². The van der Waals surface area contributed by atoms with Crippen LogP contribution in [0.15, 0.2) is 41.3 Å². The van der Waals surface area contributed by atoms with Crippen molar-refractivity contribution in [2.24, 2.45) is 5.92 Å². The normalized spacial score (nSPS) is 13.2. The Morgan fingerprint density at radius 3 is 2.21 bits per heavy atom. The van der Waals surface area contributed by atoms with E-state index in [2.05, 4.69) is 4.72 Å². The lowest BCUT2D eigenvalue weighted by atomic mass is 10.1. The predicted octanol–water partition coefficient (Wildman–Crippen LogP) is 2.29. The SMILES string of the molecule is CC(C)C(NS(=O)(=O)c1cccc2c(N(C)C)cccc12)C(=O)O. The number of fused-ring (bicyclic) bond motifs is 1. The lowest BCUT2D eigenvalue weighted by molar-refractivity contribution is -0.140. The lowest BCUT2D eigenvalue weighted by Gasteiger charge is -2.20. The Morgan fingerprint density at radius 2 is 1.67 bits per heavy atom. The molecule has 6 nitrogen and oxygen atoms in total. The van der Waals surface area contributed by atoms with E-state index in [0.717, 1.165) is 11.1 Å². The average Bonchev–Trinajstić information content (AvgIpc) is 2.50. The van der Waals surface area contributed by atoms with Crippen molar-refractivity contribution in [3.8, 4) is 0 Å². The third kappa shape index (κ3) is 3.52.